The van der Waals surface area contributed by atoms with Gasteiger partial charge in [0.2, 0.25) is 0 Å². The average Bonchev–Trinajstić information content (AvgIpc) is 3.40. The fourth-order valence-electron chi connectivity index (χ4n) is 3.13. The van der Waals surface area contributed by atoms with E-state index in [-0.39, 0.29) is 0 Å². The van der Waals surface area contributed by atoms with Gasteiger partial charge in [-0.1, -0.05) is 48.5 Å². The number of benzene rings is 2. The van der Waals surface area contributed by atoms with Crippen LogP contribution in [0.3, 0.4) is 0 Å². The van der Waals surface area contributed by atoms with Gasteiger partial charge < -0.3 is 0 Å². The average molecular weight is 288 g/mol. The fraction of sp³-hybridized carbons (Fsp3) is 0.250. The van der Waals surface area contributed by atoms with Crippen LogP contribution in [-0.2, 0) is 13.1 Å². The van der Waals surface area contributed by atoms with Crippen molar-refractivity contribution in [2.24, 2.45) is 0 Å². The minimum atomic E-state index is 0.735. The molecule has 4 rings (SSSR count). The Hall–Kier alpha value is -2.19. The lowest BCUT2D eigenvalue weighted by atomic mass is 10.0. The minimum absolute atomic E-state index is 0.735. The summed E-state index contributed by atoms with van der Waals surface area (Å²) in [5.74, 6) is 0. The molecule has 2 aromatic carbocycles. The Morgan fingerprint density at radius 3 is 2.59 bits per heavy atom. The molecule has 1 fully saturated rings. The molecule has 1 saturated carbocycles. The molecule has 1 aliphatic rings. The Labute approximate surface area is 131 Å². The van der Waals surface area contributed by atoms with Gasteiger partial charge in [0.1, 0.15) is 0 Å². The first kappa shape index (κ1) is 13.5. The topological polar surface area (TPSA) is 16.1 Å². The summed E-state index contributed by atoms with van der Waals surface area (Å²) in [7, 11) is 0. The molecule has 0 saturated heterocycles. The van der Waals surface area contributed by atoms with Crippen molar-refractivity contribution < 1.29 is 0 Å². The van der Waals surface area contributed by atoms with Crippen LogP contribution in [0.4, 0.5) is 0 Å². The third-order valence-corrected chi connectivity index (χ3v) is 4.43. The lowest BCUT2D eigenvalue weighted by Gasteiger charge is -2.23. The number of aromatic nitrogens is 1. The number of fused-ring (bicyclic) bond motifs is 1. The monoisotopic (exact) mass is 288 g/mol. The summed E-state index contributed by atoms with van der Waals surface area (Å²) >= 11 is 0. The molecular formula is C20H20N2. The van der Waals surface area contributed by atoms with E-state index in [9.17, 15) is 0 Å². The van der Waals surface area contributed by atoms with Crippen LogP contribution in [0.2, 0.25) is 0 Å². The molecule has 2 nitrogen and oxygen atoms in total. The fourth-order valence-corrected chi connectivity index (χ4v) is 3.13. The van der Waals surface area contributed by atoms with Gasteiger partial charge in [-0.2, -0.15) is 0 Å². The van der Waals surface area contributed by atoms with Crippen LogP contribution in [0.25, 0.3) is 10.8 Å². The summed E-state index contributed by atoms with van der Waals surface area (Å²) in [4.78, 5) is 6.84. The molecule has 0 spiro atoms. The Balaban J connectivity index is 1.61. The molecule has 0 unspecified atom stereocenters. The van der Waals surface area contributed by atoms with Crippen molar-refractivity contribution in [1.82, 2.24) is 9.88 Å². The van der Waals surface area contributed by atoms with Gasteiger partial charge in [0.15, 0.2) is 0 Å². The van der Waals surface area contributed by atoms with Crippen molar-refractivity contribution >= 4 is 10.8 Å². The number of hydrogen-bond acceptors (Lipinski definition) is 2. The Morgan fingerprint density at radius 2 is 1.77 bits per heavy atom. The molecule has 2 heteroatoms. The van der Waals surface area contributed by atoms with Crippen LogP contribution >= 0.6 is 0 Å². The number of hydrogen-bond donors (Lipinski definition) is 0. The molecule has 1 aromatic heterocycles. The molecule has 0 bridgehead atoms. The zero-order chi connectivity index (χ0) is 14.8. The molecule has 1 heterocycles. The van der Waals surface area contributed by atoms with Crippen molar-refractivity contribution in [1.29, 1.82) is 0 Å². The van der Waals surface area contributed by atoms with Crippen LogP contribution < -0.4 is 0 Å². The Morgan fingerprint density at radius 1 is 0.909 bits per heavy atom. The van der Waals surface area contributed by atoms with Crippen molar-refractivity contribution in [2.45, 2.75) is 32.0 Å². The Bertz CT molecular complexity index is 758. The van der Waals surface area contributed by atoms with Crippen LogP contribution in [0.1, 0.15) is 24.0 Å². The van der Waals surface area contributed by atoms with E-state index < -0.39 is 0 Å². The standard InChI is InChI=1S/C20H20N2/c1-2-9-20-17(6-1)7-3-8-18(20)15-22(19-10-11-19)14-16-5-4-12-21-13-16/h1-9,12-13,19H,10-11,14-15H2. The van der Waals surface area contributed by atoms with E-state index in [1.54, 1.807) is 0 Å². The van der Waals surface area contributed by atoms with E-state index >= 15 is 0 Å². The molecule has 3 aromatic rings. The van der Waals surface area contributed by atoms with Crippen molar-refractivity contribution in [3.63, 3.8) is 0 Å². The molecule has 0 N–H and O–H groups in total. The highest BCUT2D eigenvalue weighted by Gasteiger charge is 2.29. The maximum absolute atomic E-state index is 4.25. The summed E-state index contributed by atoms with van der Waals surface area (Å²) in [5, 5.41) is 2.71. The first-order valence-corrected chi connectivity index (χ1v) is 8.00. The number of pyridine rings is 1. The molecule has 22 heavy (non-hydrogen) atoms. The van der Waals surface area contributed by atoms with E-state index in [4.69, 9.17) is 0 Å². The van der Waals surface area contributed by atoms with Crippen molar-refractivity contribution in [3.8, 4) is 0 Å². The molecule has 0 amide bonds. The normalized spacial score (nSPS) is 14.6. The second kappa shape index (κ2) is 5.90. The van der Waals surface area contributed by atoms with Gasteiger partial charge in [0, 0.05) is 31.5 Å². The third-order valence-electron chi connectivity index (χ3n) is 4.43. The molecule has 0 aliphatic heterocycles. The summed E-state index contributed by atoms with van der Waals surface area (Å²) in [6.07, 6.45) is 6.48. The van der Waals surface area contributed by atoms with Gasteiger partial charge in [-0.05, 0) is 40.8 Å². The molecule has 0 atom stereocenters. The predicted molar refractivity (Wildman–Crippen MR) is 90.5 cm³/mol. The van der Waals surface area contributed by atoms with Crippen molar-refractivity contribution in [3.05, 3.63) is 78.1 Å². The highest BCUT2D eigenvalue weighted by Crippen LogP contribution is 2.31. The second-order valence-corrected chi connectivity index (χ2v) is 6.14. The molecule has 110 valence electrons. The minimum Gasteiger partial charge on any atom is -0.292 e. The van der Waals surface area contributed by atoms with Gasteiger partial charge in [-0.3, -0.25) is 9.88 Å². The van der Waals surface area contributed by atoms with Gasteiger partial charge in [0.25, 0.3) is 0 Å². The quantitative estimate of drug-likeness (QED) is 0.692. The summed E-state index contributed by atoms with van der Waals surface area (Å²) in [6, 6.07) is 20.2. The number of rotatable bonds is 5. The third kappa shape index (κ3) is 2.88. The first-order chi connectivity index (χ1) is 10.9. The predicted octanol–water partition coefficient (Wildman–Crippen LogP) is 4.40. The van der Waals surface area contributed by atoms with Gasteiger partial charge in [-0.15, -0.1) is 0 Å². The van der Waals surface area contributed by atoms with E-state index in [0.29, 0.717) is 0 Å². The lowest BCUT2D eigenvalue weighted by Crippen LogP contribution is -2.25. The van der Waals surface area contributed by atoms with E-state index in [0.717, 1.165) is 19.1 Å². The summed E-state index contributed by atoms with van der Waals surface area (Å²) in [6.45, 7) is 2.00. The summed E-state index contributed by atoms with van der Waals surface area (Å²) < 4.78 is 0. The van der Waals surface area contributed by atoms with Gasteiger partial charge >= 0.3 is 0 Å². The smallest absolute Gasteiger partial charge is 0.0312 e. The van der Waals surface area contributed by atoms with Crippen LogP contribution in [-0.4, -0.2) is 15.9 Å². The lowest BCUT2D eigenvalue weighted by molar-refractivity contribution is 0.246. The van der Waals surface area contributed by atoms with Crippen LogP contribution in [0.15, 0.2) is 67.0 Å². The van der Waals surface area contributed by atoms with Crippen LogP contribution in [0, 0.1) is 0 Å². The largest absolute Gasteiger partial charge is 0.292 e. The molecule has 1 aliphatic carbocycles. The SMILES string of the molecule is c1cncc(CN(Cc2cccc3ccccc23)C2CC2)c1. The van der Waals surface area contributed by atoms with Crippen molar-refractivity contribution in [2.75, 3.05) is 0 Å². The van der Waals surface area contributed by atoms with Crippen LogP contribution in [0.5, 0.6) is 0 Å². The van der Waals surface area contributed by atoms with Gasteiger partial charge in [0.05, 0.1) is 0 Å². The zero-order valence-corrected chi connectivity index (χ0v) is 12.7. The highest BCUT2D eigenvalue weighted by molar-refractivity contribution is 5.85. The van der Waals surface area contributed by atoms with E-state index in [1.165, 1.54) is 34.7 Å². The summed E-state index contributed by atoms with van der Waals surface area (Å²) in [5.41, 5.74) is 2.73. The molecule has 0 radical (unpaired) electrons. The second-order valence-electron chi connectivity index (χ2n) is 6.14. The highest BCUT2D eigenvalue weighted by atomic mass is 15.2. The zero-order valence-electron chi connectivity index (χ0n) is 12.7. The van der Waals surface area contributed by atoms with E-state index in [2.05, 4.69) is 58.4 Å². The van der Waals surface area contributed by atoms with E-state index in [1.807, 2.05) is 18.5 Å². The maximum Gasteiger partial charge on any atom is 0.0312 e. The number of nitrogens with zero attached hydrogens (tertiary/aromatic N) is 2. The maximum atomic E-state index is 4.25. The first-order valence-electron chi connectivity index (χ1n) is 8.00. The Kier molecular flexibility index (Phi) is 3.61. The van der Waals surface area contributed by atoms with Gasteiger partial charge in [-0.25, -0.2) is 0 Å². The molecular weight excluding hydrogens is 268 g/mol.